The summed E-state index contributed by atoms with van der Waals surface area (Å²) in [7, 11) is 0. The first-order valence-electron chi connectivity index (χ1n) is 4.73. The van der Waals surface area contributed by atoms with E-state index >= 15 is 0 Å². The first-order valence-corrected chi connectivity index (χ1v) is 4.73. The van der Waals surface area contributed by atoms with Crippen LogP contribution >= 0.6 is 0 Å². The molecule has 0 unspecified atom stereocenters. The van der Waals surface area contributed by atoms with Gasteiger partial charge in [0, 0.05) is 13.5 Å². The van der Waals surface area contributed by atoms with E-state index in [1.807, 2.05) is 12.1 Å². The van der Waals surface area contributed by atoms with Crippen LogP contribution in [0.4, 0.5) is 0 Å². The number of fused-ring (bicyclic) bond motifs is 1. The Labute approximate surface area is 91.7 Å². The zero-order chi connectivity index (χ0) is 11.5. The Morgan fingerprint density at radius 3 is 3.19 bits per heavy atom. The Morgan fingerprint density at radius 1 is 1.62 bits per heavy atom. The lowest BCUT2D eigenvalue weighted by molar-refractivity contribution is -0.116. The molecule has 1 heterocycles. The normalized spacial score (nSPS) is 10.0. The number of nitriles is 1. The molecule has 1 aromatic carbocycles. The zero-order valence-corrected chi connectivity index (χ0v) is 8.65. The maximum Gasteiger partial charge on any atom is 0.322 e. The van der Waals surface area contributed by atoms with E-state index in [1.54, 1.807) is 13.0 Å². The molecule has 1 aromatic heterocycles. The number of nitrogens with one attached hydrogen (secondary N) is 1. The van der Waals surface area contributed by atoms with Crippen molar-refractivity contribution in [2.75, 3.05) is 0 Å². The summed E-state index contributed by atoms with van der Waals surface area (Å²) in [5.74, 6) is -0.0374. The summed E-state index contributed by atoms with van der Waals surface area (Å²) in [5.41, 5.74) is 2.35. The van der Waals surface area contributed by atoms with Gasteiger partial charge in [0.15, 0.2) is 17.5 Å². The van der Waals surface area contributed by atoms with Gasteiger partial charge in [0.1, 0.15) is 5.52 Å². The molecule has 0 aliphatic rings. The van der Waals surface area contributed by atoms with Crippen molar-refractivity contribution in [2.45, 2.75) is 13.5 Å². The lowest BCUT2D eigenvalue weighted by Crippen LogP contribution is -2.20. The molecule has 80 valence electrons. The van der Waals surface area contributed by atoms with Gasteiger partial charge in [0.25, 0.3) is 0 Å². The minimum absolute atomic E-state index is 0.314. The molecule has 16 heavy (non-hydrogen) atoms. The van der Waals surface area contributed by atoms with Crippen molar-refractivity contribution >= 4 is 17.0 Å². The number of oxazole rings is 1. The van der Waals surface area contributed by atoms with Crippen molar-refractivity contribution in [1.29, 1.82) is 5.26 Å². The molecule has 0 saturated heterocycles. The summed E-state index contributed by atoms with van der Waals surface area (Å²) in [4.78, 5) is 14.9. The largest absolute Gasteiger partial charge is 0.441 e. The second-order valence-electron chi connectivity index (χ2n) is 3.33. The maximum absolute atomic E-state index is 10.7. The van der Waals surface area contributed by atoms with E-state index in [1.165, 1.54) is 6.07 Å². The Balaban J connectivity index is 2.20. The fourth-order valence-electron chi connectivity index (χ4n) is 1.42. The van der Waals surface area contributed by atoms with Crippen molar-refractivity contribution in [1.82, 2.24) is 10.3 Å². The van der Waals surface area contributed by atoms with Gasteiger partial charge in [-0.2, -0.15) is 5.26 Å². The standard InChI is InChI=1S/C11H9N3O2/c1-7-14-9-4-8(2-3-10(9)16-7)6-13-11(15)5-12/h2-4H,6H2,1H3,(H,13,15). The average Bonchev–Trinajstić information content (AvgIpc) is 2.65. The highest BCUT2D eigenvalue weighted by Crippen LogP contribution is 2.16. The SMILES string of the molecule is Cc1nc2cc(CNC(=O)C#N)ccc2o1. The number of carbonyl (C=O) groups excluding carboxylic acids is 1. The van der Waals surface area contributed by atoms with Crippen molar-refractivity contribution in [2.24, 2.45) is 0 Å². The highest BCUT2D eigenvalue weighted by Gasteiger charge is 2.04. The van der Waals surface area contributed by atoms with E-state index in [0.29, 0.717) is 18.0 Å². The Morgan fingerprint density at radius 2 is 2.44 bits per heavy atom. The summed E-state index contributed by atoms with van der Waals surface area (Å²) in [6, 6.07) is 6.93. The highest BCUT2D eigenvalue weighted by molar-refractivity contribution is 5.91. The summed E-state index contributed by atoms with van der Waals surface area (Å²) in [6.45, 7) is 2.09. The zero-order valence-electron chi connectivity index (χ0n) is 8.65. The van der Waals surface area contributed by atoms with Gasteiger partial charge in [0.2, 0.25) is 0 Å². The maximum atomic E-state index is 10.7. The van der Waals surface area contributed by atoms with Crippen LogP contribution in [-0.4, -0.2) is 10.9 Å². The first kappa shape index (κ1) is 10.2. The van der Waals surface area contributed by atoms with Gasteiger partial charge in [-0.3, -0.25) is 4.79 Å². The van der Waals surface area contributed by atoms with E-state index in [4.69, 9.17) is 9.68 Å². The second kappa shape index (κ2) is 4.03. The molecule has 5 heteroatoms. The van der Waals surface area contributed by atoms with E-state index in [2.05, 4.69) is 10.3 Å². The third-order valence-corrected chi connectivity index (χ3v) is 2.11. The molecule has 1 amide bonds. The molecule has 0 radical (unpaired) electrons. The molecule has 5 nitrogen and oxygen atoms in total. The number of rotatable bonds is 2. The lowest BCUT2D eigenvalue weighted by atomic mass is 10.2. The van der Waals surface area contributed by atoms with Crippen LogP contribution in [0.1, 0.15) is 11.5 Å². The summed E-state index contributed by atoms with van der Waals surface area (Å²) < 4.78 is 5.32. The number of carbonyl (C=O) groups is 1. The molecule has 1 N–H and O–H groups in total. The van der Waals surface area contributed by atoms with Crippen molar-refractivity contribution in [3.63, 3.8) is 0 Å². The van der Waals surface area contributed by atoms with Crippen LogP contribution in [0.3, 0.4) is 0 Å². The molecule has 0 saturated carbocycles. The van der Waals surface area contributed by atoms with Gasteiger partial charge < -0.3 is 9.73 Å². The summed E-state index contributed by atoms with van der Waals surface area (Å²) >= 11 is 0. The molecule has 0 aliphatic carbocycles. The van der Waals surface area contributed by atoms with Crippen LogP contribution in [0, 0.1) is 18.3 Å². The Bertz CT molecular complexity index is 580. The third kappa shape index (κ3) is 2.01. The number of aromatic nitrogens is 1. The van der Waals surface area contributed by atoms with E-state index in [9.17, 15) is 4.79 Å². The van der Waals surface area contributed by atoms with E-state index in [-0.39, 0.29) is 0 Å². The van der Waals surface area contributed by atoms with Gasteiger partial charge in [-0.15, -0.1) is 0 Å². The number of nitrogens with zero attached hydrogens (tertiary/aromatic N) is 2. The van der Waals surface area contributed by atoms with Crippen LogP contribution in [0.15, 0.2) is 22.6 Å². The van der Waals surface area contributed by atoms with E-state index in [0.717, 1.165) is 11.1 Å². The molecule has 0 atom stereocenters. The molecule has 0 bridgehead atoms. The summed E-state index contributed by atoms with van der Waals surface area (Å²) in [5, 5.41) is 10.8. The molecule has 0 spiro atoms. The average molecular weight is 215 g/mol. The minimum Gasteiger partial charge on any atom is -0.441 e. The Kier molecular flexibility index (Phi) is 2.56. The fourth-order valence-corrected chi connectivity index (χ4v) is 1.42. The predicted molar refractivity (Wildman–Crippen MR) is 56.2 cm³/mol. The first-order chi connectivity index (χ1) is 7.69. The van der Waals surface area contributed by atoms with Crippen molar-refractivity contribution in [3.8, 4) is 6.07 Å². The number of amides is 1. The van der Waals surface area contributed by atoms with Crippen molar-refractivity contribution in [3.05, 3.63) is 29.7 Å². The Hall–Kier alpha value is -2.35. The molecule has 2 aromatic rings. The number of aryl methyl sites for hydroxylation is 1. The smallest absolute Gasteiger partial charge is 0.322 e. The van der Waals surface area contributed by atoms with Crippen LogP contribution in [-0.2, 0) is 11.3 Å². The predicted octanol–water partition coefficient (Wildman–Crippen LogP) is 1.28. The lowest BCUT2D eigenvalue weighted by Gasteiger charge is -1.99. The molecular formula is C11H9N3O2. The number of hydrogen-bond donors (Lipinski definition) is 1. The number of hydrogen-bond acceptors (Lipinski definition) is 4. The fraction of sp³-hybridized carbons (Fsp3) is 0.182. The molecular weight excluding hydrogens is 206 g/mol. The van der Waals surface area contributed by atoms with Gasteiger partial charge in [-0.25, -0.2) is 4.98 Å². The topological polar surface area (TPSA) is 78.9 Å². The van der Waals surface area contributed by atoms with Crippen LogP contribution < -0.4 is 5.32 Å². The van der Waals surface area contributed by atoms with Crippen LogP contribution in [0.25, 0.3) is 11.1 Å². The second-order valence-corrected chi connectivity index (χ2v) is 3.33. The summed E-state index contributed by atoms with van der Waals surface area (Å²) in [6.07, 6.45) is 0. The van der Waals surface area contributed by atoms with Crippen LogP contribution in [0.5, 0.6) is 0 Å². The monoisotopic (exact) mass is 215 g/mol. The molecule has 0 aliphatic heterocycles. The molecule has 0 fully saturated rings. The highest BCUT2D eigenvalue weighted by atomic mass is 16.3. The third-order valence-electron chi connectivity index (χ3n) is 2.11. The van der Waals surface area contributed by atoms with Gasteiger partial charge >= 0.3 is 5.91 Å². The van der Waals surface area contributed by atoms with Gasteiger partial charge in [-0.1, -0.05) is 6.07 Å². The van der Waals surface area contributed by atoms with Crippen LogP contribution in [0.2, 0.25) is 0 Å². The number of benzene rings is 1. The molecule has 2 rings (SSSR count). The quantitative estimate of drug-likeness (QED) is 0.765. The van der Waals surface area contributed by atoms with Gasteiger partial charge in [0.05, 0.1) is 0 Å². The van der Waals surface area contributed by atoms with E-state index < -0.39 is 5.91 Å². The minimum atomic E-state index is -0.642. The van der Waals surface area contributed by atoms with Gasteiger partial charge in [-0.05, 0) is 17.7 Å². The van der Waals surface area contributed by atoms with Crippen molar-refractivity contribution < 1.29 is 9.21 Å².